The molecule has 4 aromatic rings. The van der Waals surface area contributed by atoms with E-state index in [0.29, 0.717) is 26.4 Å². The van der Waals surface area contributed by atoms with E-state index >= 15 is 0 Å². The first-order valence-corrected chi connectivity index (χ1v) is 12.6. The number of aromatic nitrogens is 1. The van der Waals surface area contributed by atoms with Crippen molar-refractivity contribution in [3.8, 4) is 11.5 Å². The number of unbranched alkanes of at least 4 members (excludes halogenated alkanes) is 1. The van der Waals surface area contributed by atoms with E-state index in [9.17, 15) is 0 Å². The van der Waals surface area contributed by atoms with Crippen molar-refractivity contribution in [2.75, 3.05) is 26.9 Å². The molecule has 0 N–H and O–H groups in total. The Kier molecular flexibility index (Phi) is 9.71. The zero-order valence-electron chi connectivity index (χ0n) is 21.2. The van der Waals surface area contributed by atoms with Crippen LogP contribution in [-0.4, -0.2) is 31.9 Å². The second-order valence-corrected chi connectivity index (χ2v) is 8.80. The number of hydrogen-bond acceptors (Lipinski definition) is 5. The molecule has 1 heterocycles. The molecule has 188 valence electrons. The second kappa shape index (κ2) is 13.6. The molecule has 0 unspecified atom stereocenters. The second-order valence-electron chi connectivity index (χ2n) is 8.80. The first-order valence-electron chi connectivity index (χ1n) is 12.6. The number of methoxy groups -OCH3 is 1. The van der Waals surface area contributed by atoms with E-state index in [1.54, 1.807) is 7.11 Å². The zero-order chi connectivity index (χ0) is 25.0. The number of ether oxygens (including phenoxy) is 4. The number of nitrogens with zero attached hydrogens (tertiary/aromatic N) is 1. The molecule has 0 bridgehead atoms. The van der Waals surface area contributed by atoms with Crippen LogP contribution in [-0.2, 0) is 29.1 Å². The van der Waals surface area contributed by atoms with E-state index in [1.165, 1.54) is 5.56 Å². The minimum Gasteiger partial charge on any atom is -0.494 e. The van der Waals surface area contributed by atoms with Crippen LogP contribution in [0.25, 0.3) is 10.9 Å². The van der Waals surface area contributed by atoms with Crippen LogP contribution in [0.1, 0.15) is 35.2 Å². The SMILES string of the molecule is COCCc1ccc(OCCCCOCc2nc3ccccc3c(OCc3ccccc3)c2C)cc1. The molecule has 5 nitrogen and oxygen atoms in total. The summed E-state index contributed by atoms with van der Waals surface area (Å²) in [6.45, 7) is 5.11. The van der Waals surface area contributed by atoms with Gasteiger partial charge in [0, 0.05) is 24.7 Å². The van der Waals surface area contributed by atoms with Crippen LogP contribution >= 0.6 is 0 Å². The Labute approximate surface area is 214 Å². The summed E-state index contributed by atoms with van der Waals surface area (Å²) in [5, 5.41) is 1.03. The van der Waals surface area contributed by atoms with Gasteiger partial charge < -0.3 is 18.9 Å². The molecule has 0 aliphatic carbocycles. The van der Waals surface area contributed by atoms with Crippen LogP contribution in [0.3, 0.4) is 0 Å². The van der Waals surface area contributed by atoms with Crippen molar-refractivity contribution in [2.45, 2.75) is 39.4 Å². The van der Waals surface area contributed by atoms with Gasteiger partial charge in [-0.15, -0.1) is 0 Å². The Balaban J connectivity index is 1.25. The summed E-state index contributed by atoms with van der Waals surface area (Å²) >= 11 is 0. The van der Waals surface area contributed by atoms with E-state index in [0.717, 1.165) is 65.1 Å². The van der Waals surface area contributed by atoms with Crippen molar-refractivity contribution < 1.29 is 18.9 Å². The Hall–Kier alpha value is -3.41. The number of rotatable bonds is 14. The first-order chi connectivity index (χ1) is 17.7. The van der Waals surface area contributed by atoms with Crippen molar-refractivity contribution in [3.63, 3.8) is 0 Å². The third-order valence-corrected chi connectivity index (χ3v) is 6.11. The van der Waals surface area contributed by atoms with Crippen LogP contribution in [0.5, 0.6) is 11.5 Å². The molecule has 0 saturated heterocycles. The summed E-state index contributed by atoms with van der Waals surface area (Å²) in [4.78, 5) is 4.85. The third-order valence-electron chi connectivity index (χ3n) is 6.11. The molecule has 0 saturated carbocycles. The molecule has 1 aromatic heterocycles. The highest BCUT2D eigenvalue weighted by atomic mass is 16.5. The maximum Gasteiger partial charge on any atom is 0.134 e. The fourth-order valence-electron chi connectivity index (χ4n) is 4.02. The average Bonchev–Trinajstić information content (AvgIpc) is 2.92. The first kappa shape index (κ1) is 25.7. The minimum atomic E-state index is 0.460. The smallest absolute Gasteiger partial charge is 0.134 e. The van der Waals surface area contributed by atoms with E-state index in [2.05, 4.69) is 37.3 Å². The minimum absolute atomic E-state index is 0.460. The summed E-state index contributed by atoms with van der Waals surface area (Å²) in [5.74, 6) is 1.78. The van der Waals surface area contributed by atoms with Gasteiger partial charge in [-0.05, 0) is 61.6 Å². The van der Waals surface area contributed by atoms with Gasteiger partial charge in [0.05, 0.1) is 31.0 Å². The molecular weight excluding hydrogens is 450 g/mol. The number of fused-ring (bicyclic) bond motifs is 1. The standard InChI is InChI=1S/C31H35NO4/c1-24-30(23-34-19-8-9-20-35-27-16-14-25(15-17-27)18-21-33-2)32-29-13-7-6-12-28(29)31(24)36-22-26-10-4-3-5-11-26/h3-7,10-17H,8-9,18-23H2,1-2H3. The van der Waals surface area contributed by atoms with Gasteiger partial charge >= 0.3 is 0 Å². The lowest BCUT2D eigenvalue weighted by Crippen LogP contribution is -2.06. The van der Waals surface area contributed by atoms with Crippen LogP contribution < -0.4 is 9.47 Å². The molecule has 0 aliphatic rings. The van der Waals surface area contributed by atoms with Crippen molar-refractivity contribution in [1.82, 2.24) is 4.98 Å². The Morgan fingerprint density at radius 3 is 2.25 bits per heavy atom. The Morgan fingerprint density at radius 2 is 1.44 bits per heavy atom. The zero-order valence-corrected chi connectivity index (χ0v) is 21.2. The molecule has 36 heavy (non-hydrogen) atoms. The molecule has 0 atom stereocenters. The summed E-state index contributed by atoms with van der Waals surface area (Å²) in [5.41, 5.74) is 5.26. The lowest BCUT2D eigenvalue weighted by molar-refractivity contribution is 0.111. The summed E-state index contributed by atoms with van der Waals surface area (Å²) in [6.07, 6.45) is 2.78. The predicted molar refractivity (Wildman–Crippen MR) is 144 cm³/mol. The van der Waals surface area contributed by atoms with Gasteiger partial charge in [-0.1, -0.05) is 54.6 Å². The highest BCUT2D eigenvalue weighted by molar-refractivity contribution is 5.86. The molecule has 4 rings (SSSR count). The number of benzene rings is 3. The van der Waals surface area contributed by atoms with Gasteiger partial charge in [-0.25, -0.2) is 4.98 Å². The van der Waals surface area contributed by atoms with Crippen molar-refractivity contribution in [3.05, 3.63) is 101 Å². The predicted octanol–water partition coefficient (Wildman–Crippen LogP) is 6.69. The van der Waals surface area contributed by atoms with Gasteiger partial charge in [-0.3, -0.25) is 0 Å². The lowest BCUT2D eigenvalue weighted by atomic mass is 10.1. The number of hydrogen-bond donors (Lipinski definition) is 0. The fraction of sp³-hybridized carbons (Fsp3) is 0.323. The Morgan fingerprint density at radius 1 is 0.694 bits per heavy atom. The summed E-state index contributed by atoms with van der Waals surface area (Å²) < 4.78 is 23.3. The van der Waals surface area contributed by atoms with Gasteiger partial charge in [0.1, 0.15) is 18.1 Å². The van der Waals surface area contributed by atoms with Crippen molar-refractivity contribution >= 4 is 10.9 Å². The number of para-hydroxylation sites is 1. The topological polar surface area (TPSA) is 49.8 Å². The highest BCUT2D eigenvalue weighted by Gasteiger charge is 2.13. The van der Waals surface area contributed by atoms with Crippen LogP contribution in [0.2, 0.25) is 0 Å². The third kappa shape index (κ3) is 7.30. The maximum atomic E-state index is 6.29. The van der Waals surface area contributed by atoms with Crippen LogP contribution in [0, 0.1) is 6.92 Å². The fourth-order valence-corrected chi connectivity index (χ4v) is 4.02. The molecule has 0 aliphatic heterocycles. The van der Waals surface area contributed by atoms with Crippen LogP contribution in [0.4, 0.5) is 0 Å². The van der Waals surface area contributed by atoms with Crippen molar-refractivity contribution in [1.29, 1.82) is 0 Å². The number of pyridine rings is 1. The molecule has 0 amide bonds. The van der Waals surface area contributed by atoms with Gasteiger partial charge in [0.2, 0.25) is 0 Å². The summed E-state index contributed by atoms with van der Waals surface area (Å²) in [6, 6.07) is 26.6. The van der Waals surface area contributed by atoms with E-state index in [1.807, 2.05) is 48.5 Å². The normalized spacial score (nSPS) is 11.1. The van der Waals surface area contributed by atoms with Gasteiger partial charge in [0.25, 0.3) is 0 Å². The monoisotopic (exact) mass is 485 g/mol. The van der Waals surface area contributed by atoms with E-state index in [4.69, 9.17) is 23.9 Å². The van der Waals surface area contributed by atoms with E-state index in [-0.39, 0.29) is 0 Å². The molecule has 3 aromatic carbocycles. The lowest BCUT2D eigenvalue weighted by Gasteiger charge is -2.16. The summed E-state index contributed by atoms with van der Waals surface area (Å²) in [7, 11) is 1.72. The molecule has 0 fully saturated rings. The van der Waals surface area contributed by atoms with E-state index < -0.39 is 0 Å². The largest absolute Gasteiger partial charge is 0.494 e. The average molecular weight is 486 g/mol. The maximum absolute atomic E-state index is 6.29. The quantitative estimate of drug-likeness (QED) is 0.186. The van der Waals surface area contributed by atoms with Crippen LogP contribution in [0.15, 0.2) is 78.9 Å². The molecule has 5 heteroatoms. The molecular formula is C31H35NO4. The van der Waals surface area contributed by atoms with Crippen molar-refractivity contribution in [2.24, 2.45) is 0 Å². The molecule has 0 spiro atoms. The molecule has 0 radical (unpaired) electrons. The van der Waals surface area contributed by atoms with Gasteiger partial charge in [-0.2, -0.15) is 0 Å². The van der Waals surface area contributed by atoms with Gasteiger partial charge in [0.15, 0.2) is 0 Å². The highest BCUT2D eigenvalue weighted by Crippen LogP contribution is 2.31. The Bertz CT molecular complexity index is 1210.